The lowest BCUT2D eigenvalue weighted by Gasteiger charge is -2.14. The molecular formula is C30H30FN3O6S. The minimum atomic E-state index is -0.317. The second-order valence-electron chi connectivity index (χ2n) is 9.35. The average Bonchev–Trinajstić information content (AvgIpc) is 3.44. The fraction of sp³-hybridized carbons (Fsp3) is 0.300. The molecule has 0 saturated carbocycles. The van der Waals surface area contributed by atoms with Gasteiger partial charge in [-0.2, -0.15) is 0 Å². The first-order valence-electron chi connectivity index (χ1n) is 13.1. The van der Waals surface area contributed by atoms with E-state index in [0.717, 1.165) is 5.56 Å². The molecule has 0 fully saturated rings. The van der Waals surface area contributed by atoms with Gasteiger partial charge in [0.15, 0.2) is 28.2 Å². The number of benzene rings is 3. The fourth-order valence-electron chi connectivity index (χ4n) is 4.52. The summed E-state index contributed by atoms with van der Waals surface area (Å²) >= 11 is 1.27. The van der Waals surface area contributed by atoms with Crippen molar-refractivity contribution in [1.29, 1.82) is 0 Å². The van der Waals surface area contributed by atoms with Crippen LogP contribution in [0.25, 0.3) is 10.9 Å². The molecule has 9 nitrogen and oxygen atoms in total. The normalized spacial score (nSPS) is 12.0. The van der Waals surface area contributed by atoms with Crippen LogP contribution in [0.4, 0.5) is 4.39 Å². The van der Waals surface area contributed by atoms with E-state index in [0.29, 0.717) is 69.8 Å². The highest BCUT2D eigenvalue weighted by Crippen LogP contribution is 2.35. The number of fused-ring (bicyclic) bond motifs is 2. The first-order chi connectivity index (χ1) is 20.0. The molecule has 0 unspecified atom stereocenters. The number of methoxy groups -OCH3 is 2. The third kappa shape index (κ3) is 6.57. The van der Waals surface area contributed by atoms with Gasteiger partial charge in [0.1, 0.15) is 5.82 Å². The largest absolute Gasteiger partial charge is 0.493 e. The standard InChI is InChI=1S/C30H30FN3O6S/c1-37-24-10-9-19(14-25(24)38-2)11-12-32-28(35)8-5-13-34-29(36)21-15-26-27(40-18-39-26)16-23(21)33-30(34)41-17-20-6-3-4-7-22(20)31/h3-4,6-7,9-10,14-16H,5,8,11-13,17-18H2,1-2H3,(H,32,35). The van der Waals surface area contributed by atoms with E-state index in [-0.39, 0.29) is 37.0 Å². The van der Waals surface area contributed by atoms with Crippen LogP contribution in [0.3, 0.4) is 0 Å². The van der Waals surface area contributed by atoms with E-state index in [4.69, 9.17) is 23.9 Å². The van der Waals surface area contributed by atoms with Crippen molar-refractivity contribution in [1.82, 2.24) is 14.9 Å². The van der Waals surface area contributed by atoms with Crippen molar-refractivity contribution >= 4 is 28.6 Å². The molecule has 2 heterocycles. The molecule has 0 spiro atoms. The fourth-order valence-corrected chi connectivity index (χ4v) is 5.54. The van der Waals surface area contributed by atoms with E-state index in [1.165, 1.54) is 17.8 Å². The zero-order valence-electron chi connectivity index (χ0n) is 22.8. The number of aromatic nitrogens is 2. The van der Waals surface area contributed by atoms with Gasteiger partial charge in [-0.1, -0.05) is 36.0 Å². The molecular weight excluding hydrogens is 549 g/mol. The molecule has 0 bridgehead atoms. The van der Waals surface area contributed by atoms with E-state index >= 15 is 0 Å². The number of thioether (sulfide) groups is 1. The Morgan fingerprint density at radius 1 is 1.07 bits per heavy atom. The van der Waals surface area contributed by atoms with Gasteiger partial charge in [-0.05, 0) is 48.2 Å². The predicted octanol–water partition coefficient (Wildman–Crippen LogP) is 4.71. The molecule has 1 aromatic heterocycles. The van der Waals surface area contributed by atoms with Crippen molar-refractivity contribution in [3.05, 3.63) is 81.9 Å². The summed E-state index contributed by atoms with van der Waals surface area (Å²) in [5.74, 6) is 2.17. The van der Waals surface area contributed by atoms with Crippen molar-refractivity contribution in [2.24, 2.45) is 0 Å². The Kier molecular flexibility index (Phi) is 8.93. The number of carbonyl (C=O) groups excluding carboxylic acids is 1. The van der Waals surface area contributed by atoms with E-state index in [9.17, 15) is 14.0 Å². The second kappa shape index (κ2) is 12.9. The zero-order valence-corrected chi connectivity index (χ0v) is 23.6. The number of hydrogen-bond acceptors (Lipinski definition) is 8. The van der Waals surface area contributed by atoms with Gasteiger partial charge >= 0.3 is 0 Å². The maximum Gasteiger partial charge on any atom is 0.262 e. The van der Waals surface area contributed by atoms with Gasteiger partial charge < -0.3 is 24.3 Å². The van der Waals surface area contributed by atoms with Crippen molar-refractivity contribution in [3.63, 3.8) is 0 Å². The molecule has 1 N–H and O–H groups in total. The Labute approximate surface area is 240 Å². The first kappa shape index (κ1) is 28.3. The number of hydrogen-bond donors (Lipinski definition) is 1. The lowest BCUT2D eigenvalue weighted by atomic mass is 10.1. The summed E-state index contributed by atoms with van der Waals surface area (Å²) in [5, 5.41) is 3.77. The molecule has 5 rings (SSSR count). The van der Waals surface area contributed by atoms with Gasteiger partial charge in [-0.3, -0.25) is 14.2 Å². The number of rotatable bonds is 12. The van der Waals surface area contributed by atoms with Gasteiger partial charge in [0, 0.05) is 31.3 Å². The van der Waals surface area contributed by atoms with Crippen LogP contribution in [-0.2, 0) is 23.5 Å². The minimum absolute atomic E-state index is 0.0792. The molecule has 4 aromatic rings. The molecule has 0 aliphatic carbocycles. The zero-order chi connectivity index (χ0) is 28.8. The van der Waals surface area contributed by atoms with Gasteiger partial charge in [-0.25, -0.2) is 9.37 Å². The quantitative estimate of drug-likeness (QED) is 0.190. The highest BCUT2D eigenvalue weighted by atomic mass is 32.2. The van der Waals surface area contributed by atoms with Gasteiger partial charge in [0.05, 0.1) is 25.1 Å². The summed E-state index contributed by atoms with van der Waals surface area (Å²) < 4.78 is 37.3. The molecule has 0 radical (unpaired) electrons. The second-order valence-corrected chi connectivity index (χ2v) is 10.3. The van der Waals surface area contributed by atoms with Crippen molar-refractivity contribution < 1.29 is 28.1 Å². The van der Waals surface area contributed by atoms with Crippen molar-refractivity contribution in [2.45, 2.75) is 36.7 Å². The molecule has 41 heavy (non-hydrogen) atoms. The Morgan fingerprint density at radius 2 is 1.85 bits per heavy atom. The molecule has 1 aliphatic heterocycles. The number of carbonyl (C=O) groups is 1. The monoisotopic (exact) mass is 579 g/mol. The lowest BCUT2D eigenvalue weighted by molar-refractivity contribution is -0.121. The maximum absolute atomic E-state index is 14.3. The maximum atomic E-state index is 14.3. The molecule has 11 heteroatoms. The molecule has 1 aliphatic rings. The Bertz CT molecular complexity index is 1630. The van der Waals surface area contributed by atoms with Crippen LogP contribution in [0, 0.1) is 5.82 Å². The number of nitrogens with zero attached hydrogens (tertiary/aromatic N) is 2. The van der Waals surface area contributed by atoms with Gasteiger partial charge in [-0.15, -0.1) is 0 Å². The third-order valence-electron chi connectivity index (χ3n) is 6.70. The van der Waals surface area contributed by atoms with Crippen molar-refractivity contribution in [3.8, 4) is 23.0 Å². The molecule has 0 saturated heterocycles. The summed E-state index contributed by atoms with van der Waals surface area (Å²) in [5.41, 5.74) is 1.74. The average molecular weight is 580 g/mol. The number of ether oxygens (including phenoxy) is 4. The molecule has 3 aromatic carbocycles. The predicted molar refractivity (Wildman–Crippen MR) is 154 cm³/mol. The van der Waals surface area contributed by atoms with Gasteiger partial charge in [0.25, 0.3) is 5.56 Å². The molecule has 0 atom stereocenters. The summed E-state index contributed by atoms with van der Waals surface area (Å²) in [6.07, 6.45) is 1.29. The van der Waals surface area contributed by atoms with Crippen molar-refractivity contribution in [2.75, 3.05) is 27.6 Å². The van der Waals surface area contributed by atoms with Crippen LogP contribution < -0.4 is 29.8 Å². The van der Waals surface area contributed by atoms with Gasteiger partial charge in [0.2, 0.25) is 12.7 Å². The van der Waals surface area contributed by atoms with E-state index in [1.54, 1.807) is 49.1 Å². The molecule has 1 amide bonds. The Balaban J connectivity index is 1.25. The summed E-state index contributed by atoms with van der Waals surface area (Å²) in [6, 6.07) is 15.5. The Hall–Kier alpha value is -4.25. The topological polar surface area (TPSA) is 101 Å². The highest BCUT2D eigenvalue weighted by Gasteiger charge is 2.19. The third-order valence-corrected chi connectivity index (χ3v) is 7.72. The first-order valence-corrected chi connectivity index (χ1v) is 14.1. The highest BCUT2D eigenvalue weighted by molar-refractivity contribution is 7.98. The summed E-state index contributed by atoms with van der Waals surface area (Å²) in [4.78, 5) is 30.8. The Morgan fingerprint density at radius 3 is 2.63 bits per heavy atom. The van der Waals surface area contributed by atoms with E-state index in [1.807, 2.05) is 18.2 Å². The lowest BCUT2D eigenvalue weighted by Crippen LogP contribution is -2.27. The summed E-state index contributed by atoms with van der Waals surface area (Å²) in [7, 11) is 3.16. The SMILES string of the molecule is COc1ccc(CCNC(=O)CCCn2c(SCc3ccccc3F)nc3cc4c(cc3c2=O)OCO4)cc1OC. The number of amides is 1. The van der Waals surface area contributed by atoms with E-state index < -0.39 is 0 Å². The van der Waals surface area contributed by atoms with E-state index in [2.05, 4.69) is 5.32 Å². The molecule has 214 valence electrons. The van der Waals surface area contributed by atoms with Crippen LogP contribution in [0.15, 0.2) is 64.5 Å². The number of halogens is 1. The smallest absolute Gasteiger partial charge is 0.262 e. The number of nitrogens with one attached hydrogen (secondary N) is 1. The minimum Gasteiger partial charge on any atom is -0.493 e. The van der Waals surface area contributed by atoms with Crippen LogP contribution >= 0.6 is 11.8 Å². The van der Waals surface area contributed by atoms with Crippen LogP contribution in [0.1, 0.15) is 24.0 Å². The van der Waals surface area contributed by atoms with Crippen LogP contribution in [0.5, 0.6) is 23.0 Å². The summed E-state index contributed by atoms with van der Waals surface area (Å²) in [6.45, 7) is 0.817. The van der Waals surface area contributed by atoms with Crippen LogP contribution in [-0.4, -0.2) is 43.0 Å². The van der Waals surface area contributed by atoms with Crippen LogP contribution in [0.2, 0.25) is 0 Å².